The van der Waals surface area contributed by atoms with Crippen molar-refractivity contribution in [3.63, 3.8) is 0 Å². The van der Waals surface area contributed by atoms with Crippen molar-refractivity contribution in [3.8, 4) is 0 Å². The predicted molar refractivity (Wildman–Crippen MR) is 78.8 cm³/mol. The van der Waals surface area contributed by atoms with E-state index in [9.17, 15) is 0 Å². The van der Waals surface area contributed by atoms with Crippen LogP contribution in [0.4, 0.5) is 5.82 Å². The highest BCUT2D eigenvalue weighted by molar-refractivity contribution is 9.10. The van der Waals surface area contributed by atoms with Crippen molar-refractivity contribution in [2.24, 2.45) is 0 Å². The maximum Gasteiger partial charge on any atom is 0.133 e. The van der Waals surface area contributed by atoms with E-state index in [2.05, 4.69) is 45.8 Å². The van der Waals surface area contributed by atoms with E-state index in [1.165, 1.54) is 0 Å². The van der Waals surface area contributed by atoms with Crippen LogP contribution in [0, 0.1) is 0 Å². The van der Waals surface area contributed by atoms with E-state index in [0.717, 1.165) is 28.9 Å². The Labute approximate surface area is 117 Å². The molecule has 0 fully saturated rings. The third-order valence-corrected chi connectivity index (χ3v) is 2.93. The molecule has 2 N–H and O–H groups in total. The first-order valence-electron chi connectivity index (χ1n) is 6.04. The molecule has 0 aliphatic carbocycles. The van der Waals surface area contributed by atoms with E-state index in [-0.39, 0.29) is 6.61 Å². The monoisotopic (exact) mass is 313 g/mol. The zero-order chi connectivity index (χ0) is 13.4. The highest BCUT2D eigenvalue weighted by Crippen LogP contribution is 2.21. The van der Waals surface area contributed by atoms with Crippen LogP contribution in [0.2, 0.25) is 0 Å². The lowest BCUT2D eigenvalue weighted by Crippen LogP contribution is -2.29. The minimum absolute atomic E-state index is 0.103. The van der Waals surface area contributed by atoms with E-state index in [0.29, 0.717) is 13.1 Å². The summed E-state index contributed by atoms with van der Waals surface area (Å²) in [5, 5.41) is 12.4. The fourth-order valence-electron chi connectivity index (χ4n) is 1.71. The largest absolute Gasteiger partial charge is 0.395 e. The molecule has 1 aromatic heterocycles. The molecule has 1 rings (SSSR count). The fourth-order valence-corrected chi connectivity index (χ4v) is 2.09. The van der Waals surface area contributed by atoms with Gasteiger partial charge >= 0.3 is 0 Å². The second-order valence-corrected chi connectivity index (χ2v) is 4.79. The lowest BCUT2D eigenvalue weighted by molar-refractivity contribution is 0.302. The summed E-state index contributed by atoms with van der Waals surface area (Å²) in [7, 11) is 0. The van der Waals surface area contributed by atoms with Gasteiger partial charge in [0.05, 0.1) is 6.61 Å². The van der Waals surface area contributed by atoms with Crippen LogP contribution in [-0.4, -0.2) is 36.3 Å². The number of aliphatic hydroxyl groups excluding tert-OH is 1. The third kappa shape index (κ3) is 4.40. The third-order valence-electron chi connectivity index (χ3n) is 2.49. The van der Waals surface area contributed by atoms with Gasteiger partial charge in [0, 0.05) is 35.9 Å². The minimum atomic E-state index is 0.103. The Hall–Kier alpha value is -0.910. The summed E-state index contributed by atoms with van der Waals surface area (Å²) in [4.78, 5) is 6.47. The number of aromatic nitrogens is 1. The summed E-state index contributed by atoms with van der Waals surface area (Å²) in [6.07, 6.45) is 3.59. The van der Waals surface area contributed by atoms with Crippen LogP contribution in [0.1, 0.15) is 12.5 Å². The maximum absolute atomic E-state index is 9.12. The molecule has 0 aliphatic heterocycles. The Kier molecular flexibility index (Phi) is 6.93. The quantitative estimate of drug-likeness (QED) is 0.720. The Bertz CT molecular complexity index is 384. The van der Waals surface area contributed by atoms with Gasteiger partial charge in [-0.2, -0.15) is 0 Å². The van der Waals surface area contributed by atoms with Gasteiger partial charge in [-0.1, -0.05) is 13.0 Å². The van der Waals surface area contributed by atoms with Crippen LogP contribution in [0.25, 0.3) is 0 Å². The number of aliphatic hydroxyl groups is 1. The van der Waals surface area contributed by atoms with Crippen molar-refractivity contribution in [1.29, 1.82) is 0 Å². The summed E-state index contributed by atoms with van der Waals surface area (Å²) in [5.41, 5.74) is 1.11. The molecular formula is C13H20BrN3O. The highest BCUT2D eigenvalue weighted by atomic mass is 79.9. The summed E-state index contributed by atoms with van der Waals surface area (Å²) >= 11 is 3.44. The van der Waals surface area contributed by atoms with Crippen molar-refractivity contribution in [1.82, 2.24) is 10.3 Å². The number of nitrogens with zero attached hydrogens (tertiary/aromatic N) is 2. The molecule has 0 spiro atoms. The van der Waals surface area contributed by atoms with Gasteiger partial charge in [0.25, 0.3) is 0 Å². The first kappa shape index (κ1) is 15.1. The standard InChI is InChI=1S/C13H20BrN3O/c1-3-5-17(6-7-18)13-11(9-15-4-2)8-12(14)10-16-13/h3,8,10,15,18H,1,4-7,9H2,2H3. The van der Waals surface area contributed by atoms with E-state index in [1.54, 1.807) is 6.20 Å². The number of pyridine rings is 1. The van der Waals surface area contributed by atoms with Gasteiger partial charge in [-0.25, -0.2) is 4.98 Å². The summed E-state index contributed by atoms with van der Waals surface area (Å²) in [6.45, 7) is 8.82. The van der Waals surface area contributed by atoms with E-state index < -0.39 is 0 Å². The first-order chi connectivity index (χ1) is 8.72. The Morgan fingerprint density at radius 2 is 2.39 bits per heavy atom. The maximum atomic E-state index is 9.12. The van der Waals surface area contributed by atoms with Crippen LogP contribution in [0.3, 0.4) is 0 Å². The van der Waals surface area contributed by atoms with E-state index in [4.69, 9.17) is 5.11 Å². The van der Waals surface area contributed by atoms with Crippen molar-refractivity contribution in [3.05, 3.63) is 35.0 Å². The molecule has 0 saturated heterocycles. The number of anilines is 1. The topological polar surface area (TPSA) is 48.4 Å². The average Bonchev–Trinajstić information content (AvgIpc) is 2.36. The molecule has 0 unspecified atom stereocenters. The minimum Gasteiger partial charge on any atom is -0.395 e. The van der Waals surface area contributed by atoms with Gasteiger partial charge in [-0.05, 0) is 28.5 Å². The highest BCUT2D eigenvalue weighted by Gasteiger charge is 2.11. The molecule has 5 heteroatoms. The smallest absolute Gasteiger partial charge is 0.133 e. The Morgan fingerprint density at radius 3 is 3.00 bits per heavy atom. The lowest BCUT2D eigenvalue weighted by atomic mass is 10.2. The van der Waals surface area contributed by atoms with Crippen LogP contribution in [0.5, 0.6) is 0 Å². The van der Waals surface area contributed by atoms with Gasteiger partial charge in [0.15, 0.2) is 0 Å². The number of hydrogen-bond donors (Lipinski definition) is 2. The van der Waals surface area contributed by atoms with Crippen molar-refractivity contribution in [2.45, 2.75) is 13.5 Å². The molecule has 1 aromatic rings. The van der Waals surface area contributed by atoms with E-state index >= 15 is 0 Å². The zero-order valence-corrected chi connectivity index (χ0v) is 12.3. The summed E-state index contributed by atoms with van der Waals surface area (Å²) < 4.78 is 0.960. The molecule has 4 nitrogen and oxygen atoms in total. The second-order valence-electron chi connectivity index (χ2n) is 3.87. The second kappa shape index (κ2) is 8.24. The van der Waals surface area contributed by atoms with Crippen LogP contribution in [0.15, 0.2) is 29.4 Å². The van der Waals surface area contributed by atoms with Gasteiger partial charge in [-0.3, -0.25) is 0 Å². The average molecular weight is 314 g/mol. The molecule has 0 amide bonds. The predicted octanol–water partition coefficient (Wildman–Crippen LogP) is 1.94. The summed E-state index contributed by atoms with van der Waals surface area (Å²) in [5.74, 6) is 0.896. The number of rotatable bonds is 8. The molecule has 0 aliphatic rings. The number of halogens is 1. The molecule has 0 bridgehead atoms. The fraction of sp³-hybridized carbons (Fsp3) is 0.462. The Balaban J connectivity index is 2.98. The summed E-state index contributed by atoms with van der Waals surface area (Å²) in [6, 6.07) is 2.05. The molecular weight excluding hydrogens is 294 g/mol. The van der Waals surface area contributed by atoms with Gasteiger partial charge in [0.1, 0.15) is 5.82 Å². The normalized spacial score (nSPS) is 10.4. The van der Waals surface area contributed by atoms with Crippen LogP contribution >= 0.6 is 15.9 Å². The molecule has 100 valence electrons. The van der Waals surface area contributed by atoms with Crippen molar-refractivity contribution >= 4 is 21.7 Å². The first-order valence-corrected chi connectivity index (χ1v) is 6.84. The van der Waals surface area contributed by atoms with Crippen molar-refractivity contribution in [2.75, 3.05) is 31.1 Å². The molecule has 0 aromatic carbocycles. The van der Waals surface area contributed by atoms with Gasteiger partial charge in [0.2, 0.25) is 0 Å². The molecule has 0 saturated carbocycles. The molecule has 0 atom stereocenters. The Morgan fingerprint density at radius 1 is 1.61 bits per heavy atom. The molecule has 0 radical (unpaired) electrons. The van der Waals surface area contributed by atoms with E-state index in [1.807, 2.05) is 11.0 Å². The molecule has 1 heterocycles. The molecule has 18 heavy (non-hydrogen) atoms. The zero-order valence-electron chi connectivity index (χ0n) is 10.7. The van der Waals surface area contributed by atoms with Gasteiger partial charge < -0.3 is 15.3 Å². The van der Waals surface area contributed by atoms with Crippen LogP contribution in [-0.2, 0) is 6.54 Å². The SMILES string of the molecule is C=CCN(CCO)c1ncc(Br)cc1CNCC. The number of hydrogen-bond acceptors (Lipinski definition) is 4. The van der Waals surface area contributed by atoms with Crippen LogP contribution < -0.4 is 10.2 Å². The van der Waals surface area contributed by atoms with Crippen molar-refractivity contribution < 1.29 is 5.11 Å². The lowest BCUT2D eigenvalue weighted by Gasteiger charge is -2.24. The number of nitrogens with one attached hydrogen (secondary N) is 1. The van der Waals surface area contributed by atoms with Gasteiger partial charge in [-0.15, -0.1) is 6.58 Å².